The highest BCUT2D eigenvalue weighted by Gasteiger charge is 2.36. The summed E-state index contributed by atoms with van der Waals surface area (Å²) in [5, 5.41) is 3.13. The molecule has 0 aliphatic carbocycles. The first-order valence-corrected chi connectivity index (χ1v) is 11.4. The normalized spacial score (nSPS) is 14.8. The first kappa shape index (κ1) is 24.3. The van der Waals surface area contributed by atoms with E-state index in [1.54, 1.807) is 54.6 Å². The smallest absolute Gasteiger partial charge is 0.335 e. The van der Waals surface area contributed by atoms with Crippen LogP contribution in [0.4, 0.5) is 10.5 Å². The third-order valence-corrected chi connectivity index (χ3v) is 5.63. The van der Waals surface area contributed by atoms with Crippen LogP contribution in [0, 0.1) is 0 Å². The fourth-order valence-corrected chi connectivity index (χ4v) is 3.75. The van der Waals surface area contributed by atoms with E-state index < -0.39 is 17.8 Å². The summed E-state index contributed by atoms with van der Waals surface area (Å²) < 4.78 is 11.2. The lowest BCUT2D eigenvalue weighted by Crippen LogP contribution is -2.54. The van der Waals surface area contributed by atoms with Crippen LogP contribution in [-0.4, -0.2) is 24.5 Å². The molecule has 1 N–H and O–H groups in total. The minimum Gasteiger partial charge on any atom is -0.494 e. The van der Waals surface area contributed by atoms with Gasteiger partial charge in [-0.05, 0) is 72.7 Å². The van der Waals surface area contributed by atoms with E-state index in [0.29, 0.717) is 39.4 Å². The van der Waals surface area contributed by atoms with E-state index in [1.807, 2.05) is 19.1 Å². The Balaban J connectivity index is 1.53. The van der Waals surface area contributed by atoms with Crippen molar-refractivity contribution in [2.45, 2.75) is 13.5 Å². The molecule has 7 nitrogen and oxygen atoms in total. The van der Waals surface area contributed by atoms with Crippen LogP contribution in [0.1, 0.15) is 18.1 Å². The average Bonchev–Trinajstić information content (AvgIpc) is 2.83. The fraction of sp³-hybridized carbons (Fsp3) is 0.115. The Morgan fingerprint density at radius 2 is 1.63 bits per heavy atom. The van der Waals surface area contributed by atoms with Crippen molar-refractivity contribution in [3.63, 3.8) is 0 Å². The predicted molar refractivity (Wildman–Crippen MR) is 134 cm³/mol. The molecule has 0 saturated carbocycles. The third-order valence-electron chi connectivity index (χ3n) is 5.08. The number of hydrogen-bond donors (Lipinski definition) is 1. The maximum absolute atomic E-state index is 13.1. The second-order valence-corrected chi connectivity index (χ2v) is 8.33. The highest BCUT2D eigenvalue weighted by Crippen LogP contribution is 2.29. The molecule has 1 aliphatic rings. The number of ether oxygens (including phenoxy) is 2. The molecule has 178 valence electrons. The van der Waals surface area contributed by atoms with Gasteiger partial charge >= 0.3 is 6.03 Å². The lowest BCUT2D eigenvalue weighted by molar-refractivity contribution is -0.122. The first-order chi connectivity index (χ1) is 16.9. The van der Waals surface area contributed by atoms with Gasteiger partial charge in [-0.2, -0.15) is 0 Å². The zero-order valence-corrected chi connectivity index (χ0v) is 20.1. The van der Waals surface area contributed by atoms with E-state index >= 15 is 0 Å². The molecule has 0 spiro atoms. The van der Waals surface area contributed by atoms with Crippen LogP contribution < -0.4 is 19.7 Å². The SMILES string of the molecule is CCOc1ccc(N2C(=O)NC(=O)/C(=C\c3ccc(OCc4ccc(Cl)cc4)c(Cl)c3)C2=O)cc1. The molecule has 1 heterocycles. The number of nitrogens with zero attached hydrogens (tertiary/aromatic N) is 1. The number of carbonyl (C=O) groups excluding carboxylic acids is 3. The highest BCUT2D eigenvalue weighted by atomic mass is 35.5. The fourth-order valence-electron chi connectivity index (χ4n) is 3.38. The summed E-state index contributed by atoms with van der Waals surface area (Å²) >= 11 is 12.3. The summed E-state index contributed by atoms with van der Waals surface area (Å²) in [6.07, 6.45) is 1.38. The lowest BCUT2D eigenvalue weighted by Gasteiger charge is -2.26. The van der Waals surface area contributed by atoms with Crippen molar-refractivity contribution < 1.29 is 23.9 Å². The number of imide groups is 2. The summed E-state index contributed by atoms with van der Waals surface area (Å²) in [4.78, 5) is 38.8. The predicted octanol–water partition coefficient (Wildman–Crippen LogP) is 5.64. The minimum absolute atomic E-state index is 0.204. The number of nitrogens with one attached hydrogen (secondary N) is 1. The van der Waals surface area contributed by atoms with E-state index in [1.165, 1.54) is 6.08 Å². The minimum atomic E-state index is -0.828. The monoisotopic (exact) mass is 510 g/mol. The molecule has 35 heavy (non-hydrogen) atoms. The Kier molecular flexibility index (Phi) is 7.39. The molecule has 9 heteroatoms. The second kappa shape index (κ2) is 10.6. The summed E-state index contributed by atoms with van der Waals surface area (Å²) in [5.74, 6) is -0.501. The third kappa shape index (κ3) is 5.65. The molecule has 1 aliphatic heterocycles. The maximum Gasteiger partial charge on any atom is 0.335 e. The molecular weight excluding hydrogens is 491 g/mol. The van der Waals surface area contributed by atoms with Crippen molar-refractivity contribution in [3.05, 3.63) is 93.5 Å². The van der Waals surface area contributed by atoms with Crippen molar-refractivity contribution in [1.82, 2.24) is 5.32 Å². The van der Waals surface area contributed by atoms with E-state index in [4.69, 9.17) is 32.7 Å². The van der Waals surface area contributed by atoms with Gasteiger partial charge in [0, 0.05) is 5.02 Å². The van der Waals surface area contributed by atoms with Crippen molar-refractivity contribution >= 4 is 52.8 Å². The number of urea groups is 1. The average molecular weight is 511 g/mol. The molecule has 0 aromatic heterocycles. The number of anilines is 1. The van der Waals surface area contributed by atoms with Gasteiger partial charge in [-0.1, -0.05) is 41.4 Å². The molecule has 3 aromatic rings. The van der Waals surface area contributed by atoms with Gasteiger partial charge in [-0.15, -0.1) is 0 Å². The molecule has 0 unspecified atom stereocenters. The maximum atomic E-state index is 13.1. The van der Waals surface area contributed by atoms with Gasteiger partial charge in [0.1, 0.15) is 23.7 Å². The van der Waals surface area contributed by atoms with Gasteiger partial charge in [0.2, 0.25) is 0 Å². The summed E-state index contributed by atoms with van der Waals surface area (Å²) in [7, 11) is 0. The Bertz CT molecular complexity index is 1300. The Hall–Kier alpha value is -3.81. The Morgan fingerprint density at radius 1 is 0.914 bits per heavy atom. The van der Waals surface area contributed by atoms with Crippen LogP contribution in [0.2, 0.25) is 10.0 Å². The molecule has 4 amide bonds. The first-order valence-electron chi connectivity index (χ1n) is 10.7. The van der Waals surface area contributed by atoms with Crippen LogP contribution in [0.25, 0.3) is 6.08 Å². The number of barbiturate groups is 1. The Morgan fingerprint density at radius 3 is 2.29 bits per heavy atom. The van der Waals surface area contributed by atoms with Crippen LogP contribution in [0.3, 0.4) is 0 Å². The largest absolute Gasteiger partial charge is 0.494 e. The van der Waals surface area contributed by atoms with Crippen molar-refractivity contribution in [1.29, 1.82) is 0 Å². The van der Waals surface area contributed by atoms with Crippen LogP contribution in [0.15, 0.2) is 72.3 Å². The molecule has 1 saturated heterocycles. The summed E-state index contributed by atoms with van der Waals surface area (Å²) in [5.41, 5.74) is 1.51. The Labute approximate surface area is 211 Å². The van der Waals surface area contributed by atoms with Gasteiger partial charge in [-0.3, -0.25) is 14.9 Å². The van der Waals surface area contributed by atoms with Crippen molar-refractivity contribution in [2.24, 2.45) is 0 Å². The van der Waals surface area contributed by atoms with E-state index in [-0.39, 0.29) is 12.2 Å². The summed E-state index contributed by atoms with van der Waals surface area (Å²) in [6, 6.07) is 17.7. The van der Waals surface area contributed by atoms with E-state index in [0.717, 1.165) is 10.5 Å². The molecular formula is C26H20Cl2N2O5. The number of benzene rings is 3. The van der Waals surface area contributed by atoms with Crippen LogP contribution in [0.5, 0.6) is 11.5 Å². The molecule has 1 fully saturated rings. The second-order valence-electron chi connectivity index (χ2n) is 7.49. The molecule has 3 aromatic carbocycles. The van der Waals surface area contributed by atoms with Crippen LogP contribution in [-0.2, 0) is 16.2 Å². The molecule has 0 radical (unpaired) electrons. The van der Waals surface area contributed by atoms with Gasteiger partial charge in [0.25, 0.3) is 11.8 Å². The molecule has 0 atom stereocenters. The van der Waals surface area contributed by atoms with Crippen molar-refractivity contribution in [2.75, 3.05) is 11.5 Å². The zero-order chi connectivity index (χ0) is 24.9. The zero-order valence-electron chi connectivity index (χ0n) is 18.6. The molecule has 4 rings (SSSR count). The highest BCUT2D eigenvalue weighted by molar-refractivity contribution is 6.39. The van der Waals surface area contributed by atoms with Gasteiger partial charge in [0.05, 0.1) is 17.3 Å². The number of amides is 4. The van der Waals surface area contributed by atoms with Gasteiger partial charge in [-0.25, -0.2) is 9.69 Å². The van der Waals surface area contributed by atoms with Gasteiger partial charge < -0.3 is 9.47 Å². The molecule has 0 bridgehead atoms. The number of hydrogen-bond acceptors (Lipinski definition) is 5. The topological polar surface area (TPSA) is 84.9 Å². The lowest BCUT2D eigenvalue weighted by atomic mass is 10.1. The standard InChI is InChI=1S/C26H20Cl2N2O5/c1-2-34-20-10-8-19(9-11-20)30-25(32)21(24(31)29-26(30)33)13-17-5-12-23(22(28)14-17)35-15-16-3-6-18(27)7-4-16/h3-14H,2,15H2,1H3,(H,29,31,33)/b21-13+. The number of halogens is 2. The van der Waals surface area contributed by atoms with E-state index in [9.17, 15) is 14.4 Å². The number of rotatable bonds is 7. The van der Waals surface area contributed by atoms with E-state index in [2.05, 4.69) is 5.32 Å². The van der Waals surface area contributed by atoms with Crippen molar-refractivity contribution in [3.8, 4) is 11.5 Å². The number of carbonyl (C=O) groups is 3. The van der Waals surface area contributed by atoms with Gasteiger partial charge in [0.15, 0.2) is 0 Å². The quantitative estimate of drug-likeness (QED) is 0.328. The van der Waals surface area contributed by atoms with Crippen LogP contribution >= 0.6 is 23.2 Å². The summed E-state index contributed by atoms with van der Waals surface area (Å²) in [6.45, 7) is 2.62.